The molecule has 2 heteroatoms. The quantitative estimate of drug-likeness (QED) is 0.597. The first kappa shape index (κ1) is 20.5. The zero-order valence-electron chi connectivity index (χ0n) is 10.6. The van der Waals surface area contributed by atoms with Crippen LogP contribution >= 0.6 is 0 Å². The average molecular weight is 232 g/mol. The number of halogens is 2. The number of hydrogen-bond donors (Lipinski definition) is 0. The molecule has 0 aliphatic heterocycles. The Labute approximate surface area is 99.7 Å². The number of aryl methyl sites for hydroxylation is 1. The van der Waals surface area contributed by atoms with E-state index in [2.05, 4.69) is 0 Å². The van der Waals surface area contributed by atoms with E-state index < -0.39 is 11.6 Å². The van der Waals surface area contributed by atoms with Gasteiger partial charge in [-0.15, -0.1) is 0 Å². The van der Waals surface area contributed by atoms with Gasteiger partial charge in [-0.2, -0.15) is 0 Å². The summed E-state index contributed by atoms with van der Waals surface area (Å²) in [7, 11) is 0. The average Bonchev–Trinajstić information content (AvgIpc) is 2.30. The second kappa shape index (κ2) is 12.2. The van der Waals surface area contributed by atoms with Gasteiger partial charge in [0.2, 0.25) is 0 Å². The van der Waals surface area contributed by atoms with Crippen molar-refractivity contribution in [1.82, 2.24) is 0 Å². The highest BCUT2D eigenvalue weighted by molar-refractivity contribution is 5.24. The SMILES string of the molecule is C.CC.CC.CCc1cc(F)c(C)c(F)c1. The van der Waals surface area contributed by atoms with Gasteiger partial charge in [0.05, 0.1) is 0 Å². The maximum absolute atomic E-state index is 12.8. The third kappa shape index (κ3) is 6.54. The Kier molecular flexibility index (Phi) is 15.6. The lowest BCUT2D eigenvalue weighted by atomic mass is 10.1. The van der Waals surface area contributed by atoms with E-state index in [1.165, 1.54) is 19.1 Å². The van der Waals surface area contributed by atoms with Crippen molar-refractivity contribution in [1.29, 1.82) is 0 Å². The van der Waals surface area contributed by atoms with Crippen molar-refractivity contribution >= 4 is 0 Å². The summed E-state index contributed by atoms with van der Waals surface area (Å²) < 4.78 is 25.6. The van der Waals surface area contributed by atoms with Crippen molar-refractivity contribution < 1.29 is 8.78 Å². The Balaban J connectivity index is -0.000000305. The Morgan fingerprint density at radius 2 is 1.25 bits per heavy atom. The second-order valence-electron chi connectivity index (χ2n) is 2.54. The third-order valence-electron chi connectivity index (χ3n) is 1.75. The van der Waals surface area contributed by atoms with E-state index in [9.17, 15) is 8.78 Å². The van der Waals surface area contributed by atoms with Crippen molar-refractivity contribution in [3.8, 4) is 0 Å². The molecule has 0 saturated carbocycles. The van der Waals surface area contributed by atoms with E-state index in [1.807, 2.05) is 34.6 Å². The van der Waals surface area contributed by atoms with Crippen molar-refractivity contribution in [2.75, 3.05) is 0 Å². The lowest BCUT2D eigenvalue weighted by Crippen LogP contribution is -1.91. The summed E-state index contributed by atoms with van der Waals surface area (Å²) in [5, 5.41) is 0. The monoisotopic (exact) mass is 232 g/mol. The van der Waals surface area contributed by atoms with Crippen LogP contribution in [0, 0.1) is 18.6 Å². The normalized spacial score (nSPS) is 7.75. The minimum absolute atomic E-state index is 0. The maximum atomic E-state index is 12.8. The summed E-state index contributed by atoms with van der Waals surface area (Å²) in [6, 6.07) is 2.75. The van der Waals surface area contributed by atoms with Crippen LogP contribution in [0.15, 0.2) is 12.1 Å². The molecule has 0 heterocycles. The molecule has 0 radical (unpaired) electrons. The predicted molar refractivity (Wildman–Crippen MR) is 69.9 cm³/mol. The van der Waals surface area contributed by atoms with Crippen LogP contribution in [0.3, 0.4) is 0 Å². The largest absolute Gasteiger partial charge is 0.207 e. The summed E-state index contributed by atoms with van der Waals surface area (Å²) in [5.74, 6) is -0.913. The number of rotatable bonds is 1. The standard InChI is InChI=1S/C9H10F2.2C2H6.CH4/c1-3-7-4-8(10)6(2)9(11)5-7;2*1-2;/h4-5H,3H2,1-2H3;2*1-2H3;1H4. The summed E-state index contributed by atoms with van der Waals surface area (Å²) in [5.41, 5.74) is 0.799. The Bertz CT molecular complexity index is 244. The van der Waals surface area contributed by atoms with Gasteiger partial charge in [0, 0.05) is 5.56 Å². The Morgan fingerprint density at radius 3 is 1.50 bits per heavy atom. The van der Waals surface area contributed by atoms with Crippen molar-refractivity contribution in [2.24, 2.45) is 0 Å². The summed E-state index contributed by atoms with van der Waals surface area (Å²) in [4.78, 5) is 0. The molecule has 0 nitrogen and oxygen atoms in total. The molecule has 96 valence electrons. The highest BCUT2D eigenvalue weighted by atomic mass is 19.1. The summed E-state index contributed by atoms with van der Waals surface area (Å²) in [6.07, 6.45) is 0.661. The molecule has 1 aromatic carbocycles. The molecule has 0 bridgehead atoms. The first-order chi connectivity index (χ1) is 7.15. The highest BCUT2D eigenvalue weighted by Crippen LogP contribution is 2.14. The first-order valence-electron chi connectivity index (χ1n) is 5.59. The Hall–Kier alpha value is -0.920. The van der Waals surface area contributed by atoms with Crippen LogP contribution < -0.4 is 0 Å². The van der Waals surface area contributed by atoms with Gasteiger partial charge in [-0.05, 0) is 31.0 Å². The molecule has 0 unspecified atom stereocenters. The van der Waals surface area contributed by atoms with Crippen LogP contribution in [0.25, 0.3) is 0 Å². The van der Waals surface area contributed by atoms with E-state index in [4.69, 9.17) is 0 Å². The van der Waals surface area contributed by atoms with Crippen LogP contribution in [-0.4, -0.2) is 0 Å². The van der Waals surface area contributed by atoms with Crippen LogP contribution in [0.5, 0.6) is 0 Å². The molecule has 16 heavy (non-hydrogen) atoms. The minimum atomic E-state index is -0.457. The van der Waals surface area contributed by atoms with E-state index >= 15 is 0 Å². The minimum Gasteiger partial charge on any atom is -0.207 e. The van der Waals surface area contributed by atoms with Crippen LogP contribution in [0.2, 0.25) is 0 Å². The van der Waals surface area contributed by atoms with Crippen LogP contribution in [0.1, 0.15) is 53.2 Å². The van der Waals surface area contributed by atoms with Gasteiger partial charge in [-0.1, -0.05) is 42.0 Å². The van der Waals surface area contributed by atoms with Crippen LogP contribution in [-0.2, 0) is 6.42 Å². The molecular formula is C14H26F2. The Morgan fingerprint density at radius 1 is 0.938 bits per heavy atom. The summed E-state index contributed by atoms with van der Waals surface area (Å²) in [6.45, 7) is 11.3. The first-order valence-corrected chi connectivity index (χ1v) is 5.59. The number of benzene rings is 1. The molecule has 1 aromatic rings. The van der Waals surface area contributed by atoms with Crippen molar-refractivity contribution in [3.05, 3.63) is 34.9 Å². The van der Waals surface area contributed by atoms with Gasteiger partial charge in [0.25, 0.3) is 0 Å². The van der Waals surface area contributed by atoms with E-state index in [-0.39, 0.29) is 13.0 Å². The molecule has 0 fully saturated rings. The fraction of sp³-hybridized carbons (Fsp3) is 0.571. The molecular weight excluding hydrogens is 206 g/mol. The molecule has 0 amide bonds. The zero-order chi connectivity index (χ0) is 12.4. The summed E-state index contributed by atoms with van der Waals surface area (Å²) >= 11 is 0. The van der Waals surface area contributed by atoms with Gasteiger partial charge in [-0.25, -0.2) is 8.78 Å². The van der Waals surface area contributed by atoms with Gasteiger partial charge in [0.1, 0.15) is 11.6 Å². The predicted octanol–water partition coefficient (Wildman–Crippen LogP) is 5.52. The fourth-order valence-corrected chi connectivity index (χ4v) is 0.902. The lowest BCUT2D eigenvalue weighted by Gasteiger charge is -2.01. The maximum Gasteiger partial charge on any atom is 0.129 e. The van der Waals surface area contributed by atoms with Gasteiger partial charge in [0.15, 0.2) is 0 Å². The smallest absolute Gasteiger partial charge is 0.129 e. The molecule has 0 aromatic heterocycles. The molecule has 0 aliphatic carbocycles. The van der Waals surface area contributed by atoms with Gasteiger partial charge >= 0.3 is 0 Å². The van der Waals surface area contributed by atoms with E-state index in [1.54, 1.807) is 0 Å². The van der Waals surface area contributed by atoms with Crippen molar-refractivity contribution in [3.63, 3.8) is 0 Å². The zero-order valence-corrected chi connectivity index (χ0v) is 10.6. The van der Waals surface area contributed by atoms with Gasteiger partial charge < -0.3 is 0 Å². The molecule has 0 aliphatic rings. The highest BCUT2D eigenvalue weighted by Gasteiger charge is 2.04. The second-order valence-corrected chi connectivity index (χ2v) is 2.54. The molecule has 0 spiro atoms. The van der Waals surface area contributed by atoms with Gasteiger partial charge in [-0.3, -0.25) is 0 Å². The van der Waals surface area contributed by atoms with E-state index in [0.29, 0.717) is 12.0 Å². The lowest BCUT2D eigenvalue weighted by molar-refractivity contribution is 0.565. The topological polar surface area (TPSA) is 0 Å². The number of hydrogen-bond acceptors (Lipinski definition) is 0. The van der Waals surface area contributed by atoms with E-state index in [0.717, 1.165) is 0 Å². The fourth-order valence-electron chi connectivity index (χ4n) is 0.902. The molecule has 0 atom stereocenters. The third-order valence-corrected chi connectivity index (χ3v) is 1.75. The molecule has 0 saturated heterocycles. The molecule has 0 N–H and O–H groups in total. The molecule has 1 rings (SSSR count). The van der Waals surface area contributed by atoms with Crippen LogP contribution in [0.4, 0.5) is 8.78 Å². The van der Waals surface area contributed by atoms with Crippen molar-refractivity contribution in [2.45, 2.75) is 55.4 Å².